The van der Waals surface area contributed by atoms with Crippen LogP contribution in [-0.2, 0) is 4.79 Å². The zero-order valence-corrected chi connectivity index (χ0v) is 20.3. The Morgan fingerprint density at radius 3 is 2.09 bits per heavy atom. The Bertz CT molecular complexity index is 1130. The molecule has 0 unspecified atom stereocenters. The van der Waals surface area contributed by atoms with Crippen LogP contribution in [0.4, 0.5) is 5.13 Å². The molecular formula is C25H25Cl2N3OS. The average molecular weight is 486 g/mol. The van der Waals surface area contributed by atoms with Crippen LogP contribution >= 0.6 is 35.3 Å². The monoisotopic (exact) mass is 485 g/mol. The van der Waals surface area contributed by atoms with Crippen molar-refractivity contribution < 1.29 is 4.79 Å². The molecule has 1 heterocycles. The number of rotatable bonds is 7. The van der Waals surface area contributed by atoms with Crippen LogP contribution in [-0.4, -0.2) is 43.0 Å². The van der Waals surface area contributed by atoms with E-state index in [1.165, 1.54) is 11.3 Å². The van der Waals surface area contributed by atoms with Crippen molar-refractivity contribution in [2.45, 2.75) is 5.92 Å². The predicted molar refractivity (Wildman–Crippen MR) is 138 cm³/mol. The molecule has 1 amide bonds. The molecule has 0 saturated carbocycles. The number of amides is 1. The first kappa shape index (κ1) is 24.2. The second-order valence-electron chi connectivity index (χ2n) is 7.66. The predicted octanol–water partition coefficient (Wildman–Crippen LogP) is 6.10. The van der Waals surface area contributed by atoms with Gasteiger partial charge in [-0.1, -0.05) is 83.6 Å². The van der Waals surface area contributed by atoms with Gasteiger partial charge in [-0.2, -0.15) is 0 Å². The van der Waals surface area contributed by atoms with Gasteiger partial charge in [-0.3, -0.25) is 9.69 Å². The van der Waals surface area contributed by atoms with Crippen LogP contribution in [0.15, 0.2) is 78.9 Å². The summed E-state index contributed by atoms with van der Waals surface area (Å²) < 4.78 is 0.973. The highest BCUT2D eigenvalue weighted by molar-refractivity contribution is 7.22. The molecule has 0 bridgehead atoms. The molecule has 0 spiro atoms. The molecule has 0 N–H and O–H groups in total. The summed E-state index contributed by atoms with van der Waals surface area (Å²) >= 11 is 7.67. The van der Waals surface area contributed by atoms with E-state index in [1.54, 1.807) is 0 Å². The third-order valence-corrected chi connectivity index (χ3v) is 6.40. The first-order valence-corrected chi connectivity index (χ1v) is 11.3. The summed E-state index contributed by atoms with van der Waals surface area (Å²) in [6.45, 7) is 1.29. The highest BCUT2D eigenvalue weighted by atomic mass is 35.5. The molecule has 0 saturated heterocycles. The van der Waals surface area contributed by atoms with E-state index in [1.807, 2.05) is 97.9 Å². The Balaban J connectivity index is 0.00000289. The zero-order valence-electron chi connectivity index (χ0n) is 17.9. The number of hydrogen-bond donors (Lipinski definition) is 0. The lowest BCUT2D eigenvalue weighted by Crippen LogP contribution is -2.40. The molecule has 7 heteroatoms. The SMILES string of the molecule is CN(C)CCN(C(=O)C(c1ccccc1)c1ccccc1)c1nc2ccc(Cl)cc2s1.Cl. The Hall–Kier alpha value is -2.44. The minimum atomic E-state index is -0.403. The molecular weight excluding hydrogens is 461 g/mol. The quantitative estimate of drug-likeness (QED) is 0.317. The molecule has 4 nitrogen and oxygen atoms in total. The van der Waals surface area contributed by atoms with E-state index in [4.69, 9.17) is 16.6 Å². The maximum absolute atomic E-state index is 14.0. The number of carbonyl (C=O) groups is 1. The van der Waals surface area contributed by atoms with Crippen LogP contribution in [0.1, 0.15) is 17.0 Å². The van der Waals surface area contributed by atoms with Crippen molar-refractivity contribution in [3.05, 3.63) is 95.0 Å². The van der Waals surface area contributed by atoms with Crippen LogP contribution in [0.2, 0.25) is 5.02 Å². The van der Waals surface area contributed by atoms with Gasteiger partial charge in [-0.05, 0) is 43.4 Å². The van der Waals surface area contributed by atoms with Gasteiger partial charge in [-0.25, -0.2) is 4.98 Å². The number of anilines is 1. The van der Waals surface area contributed by atoms with Gasteiger partial charge in [0.25, 0.3) is 0 Å². The highest BCUT2D eigenvalue weighted by Crippen LogP contribution is 2.34. The van der Waals surface area contributed by atoms with E-state index in [0.717, 1.165) is 27.9 Å². The minimum absolute atomic E-state index is 0. The van der Waals surface area contributed by atoms with Gasteiger partial charge in [0, 0.05) is 18.1 Å². The highest BCUT2D eigenvalue weighted by Gasteiger charge is 2.30. The largest absolute Gasteiger partial charge is 0.308 e. The summed E-state index contributed by atoms with van der Waals surface area (Å²) in [7, 11) is 4.01. The molecule has 0 aliphatic heterocycles. The van der Waals surface area contributed by atoms with Crippen LogP contribution < -0.4 is 4.90 Å². The lowest BCUT2D eigenvalue weighted by molar-refractivity contribution is -0.119. The van der Waals surface area contributed by atoms with E-state index in [9.17, 15) is 4.79 Å². The fourth-order valence-corrected chi connectivity index (χ4v) is 4.80. The van der Waals surface area contributed by atoms with E-state index in [2.05, 4.69) is 4.90 Å². The van der Waals surface area contributed by atoms with E-state index in [-0.39, 0.29) is 18.3 Å². The molecule has 0 radical (unpaired) electrons. The molecule has 0 aliphatic carbocycles. The summed E-state index contributed by atoms with van der Waals surface area (Å²) in [6, 6.07) is 25.5. The van der Waals surface area contributed by atoms with E-state index < -0.39 is 5.92 Å². The maximum Gasteiger partial charge on any atom is 0.240 e. The molecule has 3 aromatic carbocycles. The van der Waals surface area contributed by atoms with Gasteiger partial charge in [0.15, 0.2) is 5.13 Å². The molecule has 166 valence electrons. The second-order valence-corrected chi connectivity index (χ2v) is 9.10. The lowest BCUT2D eigenvalue weighted by Gasteiger charge is -2.27. The molecule has 1 aromatic heterocycles. The Morgan fingerprint density at radius 1 is 0.938 bits per heavy atom. The van der Waals surface area contributed by atoms with Crippen LogP contribution in [0.3, 0.4) is 0 Å². The summed E-state index contributed by atoms with van der Waals surface area (Å²) in [4.78, 5) is 22.7. The number of carbonyl (C=O) groups excluding carboxylic acids is 1. The fraction of sp³-hybridized carbons (Fsp3) is 0.200. The number of nitrogens with zero attached hydrogens (tertiary/aromatic N) is 3. The number of aromatic nitrogens is 1. The van der Waals surface area contributed by atoms with Gasteiger partial charge >= 0.3 is 0 Å². The number of fused-ring (bicyclic) bond motifs is 1. The van der Waals surface area contributed by atoms with Gasteiger partial charge in [0.05, 0.1) is 16.1 Å². The third-order valence-electron chi connectivity index (χ3n) is 5.12. The zero-order chi connectivity index (χ0) is 21.8. The third kappa shape index (κ3) is 5.48. The van der Waals surface area contributed by atoms with E-state index in [0.29, 0.717) is 16.7 Å². The maximum atomic E-state index is 14.0. The number of thiazole rings is 1. The van der Waals surface area contributed by atoms with Gasteiger partial charge < -0.3 is 4.90 Å². The smallest absolute Gasteiger partial charge is 0.240 e. The van der Waals surface area contributed by atoms with Crippen LogP contribution in [0.25, 0.3) is 10.2 Å². The van der Waals surface area contributed by atoms with Gasteiger partial charge in [0.1, 0.15) is 0 Å². The summed E-state index contributed by atoms with van der Waals surface area (Å²) in [6.07, 6.45) is 0. The summed E-state index contributed by atoms with van der Waals surface area (Å²) in [5, 5.41) is 1.36. The lowest BCUT2D eigenvalue weighted by atomic mass is 9.90. The summed E-state index contributed by atoms with van der Waals surface area (Å²) in [5.41, 5.74) is 2.79. The number of halogens is 2. The number of hydrogen-bond acceptors (Lipinski definition) is 4. The Kier molecular flexibility index (Phi) is 8.26. The molecule has 0 aliphatic rings. The van der Waals surface area contributed by atoms with Crippen molar-refractivity contribution in [1.82, 2.24) is 9.88 Å². The van der Waals surface area contributed by atoms with Crippen molar-refractivity contribution in [2.75, 3.05) is 32.1 Å². The van der Waals surface area contributed by atoms with Crippen molar-refractivity contribution in [1.29, 1.82) is 0 Å². The van der Waals surface area contributed by atoms with Crippen molar-refractivity contribution in [3.63, 3.8) is 0 Å². The van der Waals surface area contributed by atoms with Crippen LogP contribution in [0.5, 0.6) is 0 Å². The second kappa shape index (κ2) is 10.9. The number of benzene rings is 3. The van der Waals surface area contributed by atoms with Gasteiger partial charge in [0.2, 0.25) is 5.91 Å². The van der Waals surface area contributed by atoms with E-state index >= 15 is 0 Å². The normalized spacial score (nSPS) is 11.0. The van der Waals surface area contributed by atoms with Crippen molar-refractivity contribution in [3.8, 4) is 0 Å². The number of likely N-dealkylation sites (N-methyl/N-ethyl adjacent to an activating group) is 1. The molecule has 32 heavy (non-hydrogen) atoms. The van der Waals surface area contributed by atoms with Gasteiger partial charge in [-0.15, -0.1) is 12.4 Å². The molecule has 4 aromatic rings. The standard InChI is InChI=1S/C25H24ClN3OS.ClH/c1-28(2)15-16-29(25-27-21-14-13-20(26)17-22(21)31-25)24(30)23(18-9-5-3-6-10-18)19-11-7-4-8-12-19;/h3-14,17,23H,15-16H2,1-2H3;1H. The first-order chi connectivity index (χ1) is 15.0. The molecule has 0 atom stereocenters. The Labute approximate surface area is 203 Å². The minimum Gasteiger partial charge on any atom is -0.308 e. The van der Waals surface area contributed by atoms with Crippen LogP contribution in [0, 0.1) is 0 Å². The summed E-state index contributed by atoms with van der Waals surface area (Å²) in [5.74, 6) is -0.385. The topological polar surface area (TPSA) is 36.4 Å². The Morgan fingerprint density at radius 2 is 1.53 bits per heavy atom. The molecule has 4 rings (SSSR count). The van der Waals surface area contributed by atoms with Crippen molar-refractivity contribution >= 4 is 56.6 Å². The fourth-order valence-electron chi connectivity index (χ4n) is 3.53. The van der Waals surface area contributed by atoms with Crippen molar-refractivity contribution in [2.24, 2.45) is 0 Å². The first-order valence-electron chi connectivity index (χ1n) is 10.1. The average Bonchev–Trinajstić information content (AvgIpc) is 3.18. The molecule has 0 fully saturated rings.